The minimum absolute atomic E-state index is 0.358. The van der Waals surface area contributed by atoms with Crippen molar-refractivity contribution in [2.75, 3.05) is 5.33 Å². The van der Waals surface area contributed by atoms with E-state index >= 15 is 0 Å². The summed E-state index contributed by atoms with van der Waals surface area (Å²) >= 11 is 3.36. The molecule has 0 saturated carbocycles. The van der Waals surface area contributed by atoms with Crippen molar-refractivity contribution < 1.29 is 5.11 Å². The summed E-state index contributed by atoms with van der Waals surface area (Å²) in [6, 6.07) is 7.40. The van der Waals surface area contributed by atoms with Crippen molar-refractivity contribution in [3.05, 3.63) is 29.8 Å². The lowest BCUT2D eigenvalue weighted by Gasteiger charge is -1.98. The highest BCUT2D eigenvalue weighted by Gasteiger charge is 1.92. The molecule has 0 aliphatic rings. The third-order valence-corrected chi connectivity index (χ3v) is 2.07. The number of phenols is 1. The predicted molar refractivity (Wildman–Crippen MR) is 50.2 cm³/mol. The van der Waals surface area contributed by atoms with Crippen LogP contribution >= 0.6 is 15.9 Å². The second-order valence-corrected chi connectivity index (χ2v) is 3.26. The molecule has 1 aromatic carbocycles. The molecule has 11 heavy (non-hydrogen) atoms. The maximum Gasteiger partial charge on any atom is 0.115 e. The Kier molecular flexibility index (Phi) is 3.43. The van der Waals surface area contributed by atoms with Crippen molar-refractivity contribution in [1.29, 1.82) is 0 Å². The van der Waals surface area contributed by atoms with Gasteiger partial charge in [0.2, 0.25) is 0 Å². The summed E-state index contributed by atoms with van der Waals surface area (Å²) in [5.41, 5.74) is 1.20. The minimum Gasteiger partial charge on any atom is -0.508 e. The van der Waals surface area contributed by atoms with Crippen LogP contribution in [0.1, 0.15) is 12.0 Å². The zero-order chi connectivity index (χ0) is 8.10. The van der Waals surface area contributed by atoms with E-state index in [1.807, 2.05) is 18.2 Å². The quantitative estimate of drug-likeness (QED) is 0.768. The number of phenolic OH excluding ortho intramolecular Hbond substituents is 1. The van der Waals surface area contributed by atoms with Gasteiger partial charge in [-0.2, -0.15) is 0 Å². The number of alkyl halides is 1. The molecule has 1 aromatic rings. The summed E-state index contributed by atoms with van der Waals surface area (Å²) in [6.45, 7) is 0. The normalized spacial score (nSPS) is 9.91. The summed E-state index contributed by atoms with van der Waals surface area (Å²) < 4.78 is 0. The van der Waals surface area contributed by atoms with Crippen molar-refractivity contribution in [3.8, 4) is 5.75 Å². The first-order valence-electron chi connectivity index (χ1n) is 3.67. The van der Waals surface area contributed by atoms with Crippen molar-refractivity contribution >= 4 is 15.9 Å². The molecule has 1 nitrogen and oxygen atoms in total. The Labute approximate surface area is 75.2 Å². The average Bonchev–Trinajstić information content (AvgIpc) is 2.01. The molecule has 1 rings (SSSR count). The highest BCUT2D eigenvalue weighted by atomic mass is 79.9. The molecule has 0 spiro atoms. The fourth-order valence-corrected chi connectivity index (χ4v) is 1.26. The van der Waals surface area contributed by atoms with Crippen LogP contribution in [0.5, 0.6) is 5.75 Å². The molecule has 60 valence electrons. The van der Waals surface area contributed by atoms with E-state index in [-0.39, 0.29) is 0 Å². The summed E-state index contributed by atoms with van der Waals surface area (Å²) in [7, 11) is 0. The Balaban J connectivity index is 2.56. The molecule has 0 saturated heterocycles. The van der Waals surface area contributed by atoms with Crippen molar-refractivity contribution in [2.24, 2.45) is 0 Å². The Hall–Kier alpha value is -0.500. The van der Waals surface area contributed by atoms with Crippen molar-refractivity contribution in [3.63, 3.8) is 0 Å². The van der Waals surface area contributed by atoms with Crippen LogP contribution in [0.15, 0.2) is 24.3 Å². The number of hydrogen-bond acceptors (Lipinski definition) is 1. The maximum absolute atomic E-state index is 9.10. The number of hydrogen-bond donors (Lipinski definition) is 1. The zero-order valence-electron chi connectivity index (χ0n) is 6.26. The van der Waals surface area contributed by atoms with Gasteiger partial charge in [-0.1, -0.05) is 28.1 Å². The first kappa shape index (κ1) is 8.60. The molecule has 0 bridgehead atoms. The van der Waals surface area contributed by atoms with Gasteiger partial charge in [-0.15, -0.1) is 0 Å². The van der Waals surface area contributed by atoms with Crippen LogP contribution in [0.4, 0.5) is 0 Å². The van der Waals surface area contributed by atoms with E-state index in [4.69, 9.17) is 5.11 Å². The van der Waals surface area contributed by atoms with E-state index in [0.29, 0.717) is 5.75 Å². The second-order valence-electron chi connectivity index (χ2n) is 2.46. The monoisotopic (exact) mass is 214 g/mol. The molecule has 1 N–H and O–H groups in total. The minimum atomic E-state index is 0.358. The largest absolute Gasteiger partial charge is 0.508 e. The molecular weight excluding hydrogens is 204 g/mol. The summed E-state index contributed by atoms with van der Waals surface area (Å²) in [5.74, 6) is 0.358. The smallest absolute Gasteiger partial charge is 0.115 e. The first-order valence-corrected chi connectivity index (χ1v) is 4.79. The van der Waals surface area contributed by atoms with Crippen LogP contribution in [0.3, 0.4) is 0 Å². The lowest BCUT2D eigenvalue weighted by atomic mass is 10.1. The zero-order valence-corrected chi connectivity index (χ0v) is 7.84. The van der Waals surface area contributed by atoms with Gasteiger partial charge in [-0.3, -0.25) is 0 Å². The predicted octanol–water partition coefficient (Wildman–Crippen LogP) is 2.72. The van der Waals surface area contributed by atoms with E-state index in [0.717, 1.165) is 18.2 Å². The van der Waals surface area contributed by atoms with Crippen LogP contribution < -0.4 is 0 Å². The molecule has 0 unspecified atom stereocenters. The van der Waals surface area contributed by atoms with E-state index in [1.54, 1.807) is 6.07 Å². The van der Waals surface area contributed by atoms with Gasteiger partial charge < -0.3 is 5.11 Å². The van der Waals surface area contributed by atoms with E-state index in [2.05, 4.69) is 15.9 Å². The van der Waals surface area contributed by atoms with Crippen LogP contribution in [0.25, 0.3) is 0 Å². The topological polar surface area (TPSA) is 20.2 Å². The number of aromatic hydroxyl groups is 1. The van der Waals surface area contributed by atoms with Crippen LogP contribution in [0.2, 0.25) is 0 Å². The first-order chi connectivity index (χ1) is 5.33. The molecule has 0 aromatic heterocycles. The van der Waals surface area contributed by atoms with E-state index in [9.17, 15) is 0 Å². The third kappa shape index (κ3) is 2.93. The standard InChI is InChI=1S/C9H11BrO/c10-6-2-4-8-3-1-5-9(11)7-8/h1,3,5,7,11H,2,4,6H2. The molecule has 0 aliphatic carbocycles. The molecule has 0 amide bonds. The average molecular weight is 215 g/mol. The van der Waals surface area contributed by atoms with Crippen LogP contribution in [-0.4, -0.2) is 10.4 Å². The molecule has 0 fully saturated rings. The van der Waals surface area contributed by atoms with Gasteiger partial charge in [0.05, 0.1) is 0 Å². The lowest BCUT2D eigenvalue weighted by molar-refractivity contribution is 0.474. The number of halogens is 1. The van der Waals surface area contributed by atoms with E-state index in [1.165, 1.54) is 5.56 Å². The second kappa shape index (κ2) is 4.39. The van der Waals surface area contributed by atoms with Gasteiger partial charge in [-0.25, -0.2) is 0 Å². The van der Waals surface area contributed by atoms with Gasteiger partial charge in [-0.05, 0) is 30.5 Å². The Morgan fingerprint density at radius 1 is 1.36 bits per heavy atom. The molecular formula is C9H11BrO. The van der Waals surface area contributed by atoms with Crippen LogP contribution in [-0.2, 0) is 6.42 Å². The third-order valence-electron chi connectivity index (χ3n) is 1.51. The van der Waals surface area contributed by atoms with Crippen molar-refractivity contribution in [2.45, 2.75) is 12.8 Å². The SMILES string of the molecule is Oc1cccc(CCCBr)c1. The Morgan fingerprint density at radius 3 is 2.82 bits per heavy atom. The van der Waals surface area contributed by atoms with Gasteiger partial charge >= 0.3 is 0 Å². The molecule has 0 aliphatic heterocycles. The molecule has 0 radical (unpaired) electrons. The molecule has 0 atom stereocenters. The number of aryl methyl sites for hydroxylation is 1. The molecule has 0 heterocycles. The van der Waals surface area contributed by atoms with Gasteiger partial charge in [0.1, 0.15) is 5.75 Å². The highest BCUT2D eigenvalue weighted by Crippen LogP contribution is 2.12. The molecule has 2 heteroatoms. The fourth-order valence-electron chi connectivity index (χ4n) is 0.983. The highest BCUT2D eigenvalue weighted by molar-refractivity contribution is 9.09. The number of benzene rings is 1. The fraction of sp³-hybridized carbons (Fsp3) is 0.333. The summed E-state index contributed by atoms with van der Waals surface area (Å²) in [4.78, 5) is 0. The maximum atomic E-state index is 9.10. The van der Waals surface area contributed by atoms with Crippen LogP contribution in [0, 0.1) is 0 Å². The van der Waals surface area contributed by atoms with Crippen molar-refractivity contribution in [1.82, 2.24) is 0 Å². The summed E-state index contributed by atoms with van der Waals surface area (Å²) in [6.07, 6.45) is 2.14. The Morgan fingerprint density at radius 2 is 2.18 bits per heavy atom. The Bertz CT molecular complexity index is 223. The van der Waals surface area contributed by atoms with Gasteiger partial charge in [0.15, 0.2) is 0 Å². The van der Waals surface area contributed by atoms with Gasteiger partial charge in [0.25, 0.3) is 0 Å². The van der Waals surface area contributed by atoms with Gasteiger partial charge in [0, 0.05) is 5.33 Å². The summed E-state index contributed by atoms with van der Waals surface area (Å²) in [5, 5.41) is 10.1. The number of rotatable bonds is 3. The van der Waals surface area contributed by atoms with E-state index < -0.39 is 0 Å². The lowest BCUT2D eigenvalue weighted by Crippen LogP contribution is -1.84.